The van der Waals surface area contributed by atoms with Crippen LogP contribution in [0.25, 0.3) is 17.3 Å². The van der Waals surface area contributed by atoms with Crippen LogP contribution in [0.3, 0.4) is 0 Å². The summed E-state index contributed by atoms with van der Waals surface area (Å²) < 4.78 is 3.57. The van der Waals surface area contributed by atoms with Gasteiger partial charge in [0, 0.05) is 135 Å². The van der Waals surface area contributed by atoms with Crippen LogP contribution in [0.4, 0.5) is 28.7 Å². The molecule has 0 unspecified atom stereocenters. The van der Waals surface area contributed by atoms with Crippen molar-refractivity contribution in [1.29, 1.82) is 0 Å². The minimum absolute atomic E-state index is 0.0465. The third kappa shape index (κ3) is 9.11. The molecule has 16 nitrogen and oxygen atoms in total. The van der Waals surface area contributed by atoms with E-state index in [0.717, 1.165) is 75.4 Å². The molecule has 9 rings (SSSR count). The lowest BCUT2D eigenvalue weighted by molar-refractivity contribution is -0.121. The molecule has 0 saturated carbocycles. The maximum atomic E-state index is 14.1. The number of amides is 3. The van der Waals surface area contributed by atoms with Gasteiger partial charge in [-0.25, -0.2) is 9.97 Å². The van der Waals surface area contributed by atoms with Gasteiger partial charge in [-0.3, -0.25) is 39.3 Å². The number of aromatic nitrogens is 5. The Morgan fingerprint density at radius 1 is 0.970 bits per heavy atom. The highest BCUT2D eigenvalue weighted by atomic mass is 16.3. The van der Waals surface area contributed by atoms with Gasteiger partial charge in [-0.05, 0) is 98.0 Å². The first-order chi connectivity index (χ1) is 32.2. The van der Waals surface area contributed by atoms with Crippen molar-refractivity contribution >= 4 is 53.0 Å². The van der Waals surface area contributed by atoms with E-state index in [1.807, 2.05) is 30.5 Å². The highest BCUT2D eigenvalue weighted by molar-refractivity contribution is 6.06. The van der Waals surface area contributed by atoms with Crippen LogP contribution in [0.5, 0.6) is 0 Å². The number of nitrogens with zero attached hydrogens (tertiary/aromatic N) is 9. The first-order valence-electron chi connectivity index (χ1n) is 23.5. The van der Waals surface area contributed by atoms with Crippen molar-refractivity contribution < 1.29 is 19.5 Å². The van der Waals surface area contributed by atoms with Crippen molar-refractivity contribution in [2.24, 2.45) is 12.5 Å². The summed E-state index contributed by atoms with van der Waals surface area (Å²) in [7, 11) is 1.64. The number of imide groups is 1. The van der Waals surface area contributed by atoms with Crippen LogP contribution in [0.15, 0.2) is 71.9 Å². The molecule has 2 fully saturated rings. The predicted molar refractivity (Wildman–Crippen MR) is 261 cm³/mol. The molecule has 0 spiro atoms. The molecule has 67 heavy (non-hydrogen) atoms. The number of hydrogen-bond donors (Lipinski definition) is 3. The lowest BCUT2D eigenvalue weighted by atomic mass is 9.90. The first-order valence-corrected chi connectivity index (χ1v) is 23.5. The van der Waals surface area contributed by atoms with Gasteiger partial charge in [0.2, 0.25) is 12.3 Å². The number of piperidine rings is 1. The smallest absolute Gasteiger partial charge is 0.293 e. The Balaban J connectivity index is 0.939. The lowest BCUT2D eigenvalue weighted by Gasteiger charge is -2.47. The molecular weight excluding hydrogens is 847 g/mol. The molecule has 0 radical (unpaired) electrons. The summed E-state index contributed by atoms with van der Waals surface area (Å²) in [6, 6.07) is 14.5. The third-order valence-electron chi connectivity index (χ3n) is 14.0. The second kappa shape index (κ2) is 18.6. The van der Waals surface area contributed by atoms with E-state index < -0.39 is 12.5 Å². The highest BCUT2D eigenvalue weighted by Crippen LogP contribution is 2.40. The molecular formula is C51H61N11O5. The molecule has 3 amide bonds. The number of aryl methyl sites for hydroxylation is 1. The molecule has 16 heteroatoms. The highest BCUT2D eigenvalue weighted by Gasteiger charge is 2.38. The Morgan fingerprint density at radius 2 is 1.76 bits per heavy atom. The second-order valence-corrected chi connectivity index (χ2v) is 19.5. The number of rotatable bonds is 12. The van der Waals surface area contributed by atoms with Crippen molar-refractivity contribution in [2.45, 2.75) is 91.5 Å². The maximum absolute atomic E-state index is 14.1. The third-order valence-corrected chi connectivity index (χ3v) is 14.0. The first kappa shape index (κ1) is 45.5. The molecule has 1 aliphatic carbocycles. The average Bonchev–Trinajstić information content (AvgIpc) is 3.81. The van der Waals surface area contributed by atoms with E-state index in [1.165, 1.54) is 27.6 Å². The minimum Gasteiger partial charge on any atom is -0.392 e. The zero-order valence-corrected chi connectivity index (χ0v) is 39.3. The number of aliphatic hydroxyl groups is 1. The summed E-state index contributed by atoms with van der Waals surface area (Å²) >= 11 is 0. The van der Waals surface area contributed by atoms with E-state index in [2.05, 4.69) is 86.6 Å². The molecule has 350 valence electrons. The number of nitrogens with one attached hydrogen (secondary N) is 2. The fraction of sp³-hybridized carbons (Fsp3) is 0.431. The zero-order valence-electron chi connectivity index (χ0n) is 39.3. The summed E-state index contributed by atoms with van der Waals surface area (Å²) in [6.07, 6.45) is 12.5. The molecule has 3 aliphatic heterocycles. The monoisotopic (exact) mass is 907 g/mol. The Hall–Kier alpha value is -6.65. The molecule has 0 bridgehead atoms. The lowest BCUT2D eigenvalue weighted by Crippen LogP contribution is -2.57. The molecule has 1 atom stereocenters. The van der Waals surface area contributed by atoms with E-state index in [4.69, 9.17) is 4.98 Å². The Morgan fingerprint density at radius 3 is 2.51 bits per heavy atom. The fourth-order valence-corrected chi connectivity index (χ4v) is 10.6. The van der Waals surface area contributed by atoms with E-state index in [1.54, 1.807) is 36.5 Å². The molecule has 5 aromatic rings. The van der Waals surface area contributed by atoms with Gasteiger partial charge >= 0.3 is 0 Å². The van der Waals surface area contributed by atoms with Crippen molar-refractivity contribution in [1.82, 2.24) is 34.3 Å². The van der Waals surface area contributed by atoms with E-state index in [0.29, 0.717) is 65.5 Å². The number of pyridine rings is 2. The number of carbonyl (C=O) groups excluding carboxylic acids is 3. The number of aliphatic hydroxyl groups excluding tert-OH is 1. The molecule has 1 aromatic carbocycles. The number of hydrogen-bond acceptors (Lipinski definition) is 12. The van der Waals surface area contributed by atoms with Gasteiger partial charge < -0.3 is 29.4 Å². The minimum atomic E-state index is -0.553. The SMILES string of the molecule is CC(C)c1cc(N2CCC(N3CCN(c4ccc(Nc5nc(-c6ccnc(N7CCn8c(cc9c8CC(C)(C)C9)C7=O)c6CO)cn(C)c5=O)cc4C=CC(=O)NC=O)[C@@H](C)C3)CC2)ccn1. The van der Waals surface area contributed by atoms with Crippen molar-refractivity contribution in [3.05, 3.63) is 111 Å². The van der Waals surface area contributed by atoms with Gasteiger partial charge in [0.05, 0.1) is 12.3 Å². The van der Waals surface area contributed by atoms with Gasteiger partial charge in [-0.1, -0.05) is 27.7 Å². The van der Waals surface area contributed by atoms with Gasteiger partial charge in [0.15, 0.2) is 5.82 Å². The van der Waals surface area contributed by atoms with Crippen LogP contribution in [0, 0.1) is 5.41 Å². The number of carbonyl (C=O) groups is 3. The number of fused-ring (bicyclic) bond motifs is 3. The van der Waals surface area contributed by atoms with E-state index >= 15 is 0 Å². The van der Waals surface area contributed by atoms with Crippen molar-refractivity contribution in [3.8, 4) is 11.3 Å². The van der Waals surface area contributed by atoms with Crippen molar-refractivity contribution in [3.63, 3.8) is 0 Å². The summed E-state index contributed by atoms with van der Waals surface area (Å²) in [4.78, 5) is 74.4. The Kier molecular flexibility index (Phi) is 12.6. The van der Waals surface area contributed by atoms with Crippen LogP contribution in [-0.2, 0) is 42.6 Å². The van der Waals surface area contributed by atoms with E-state index in [9.17, 15) is 24.3 Å². The summed E-state index contributed by atoms with van der Waals surface area (Å²) in [5, 5.41) is 16.3. The molecule has 7 heterocycles. The standard InChI is InChI=1S/C51H61N11O5/c1-32(2)41-25-38(11-15-52-41)58-17-13-37(14-18-58)59-19-20-60(33(3)28-59)43-9-8-36(23-34(43)7-10-46(65)54-31-64)55-47-50(67)57(6)29-42(56-47)39-12-16-53-48(40(39)30-63)62-22-21-61-44(49(62)66)24-35-26-51(4,5)27-45(35)61/h7-12,15-16,23-25,29,31-33,37,63H,13-14,17-22,26-28,30H2,1-6H3,(H,55,56)(H,54,64,65)/t33-/m0/s1. The van der Waals surface area contributed by atoms with Crippen LogP contribution in [0.2, 0.25) is 0 Å². The van der Waals surface area contributed by atoms with Crippen LogP contribution in [-0.4, -0.2) is 104 Å². The summed E-state index contributed by atoms with van der Waals surface area (Å²) in [5.41, 5.74) is 8.78. The summed E-state index contributed by atoms with van der Waals surface area (Å²) in [6.45, 7) is 16.2. The Labute approximate surface area is 391 Å². The fourth-order valence-electron chi connectivity index (χ4n) is 10.6. The molecule has 4 aliphatic rings. The quantitative estimate of drug-likeness (QED) is 0.104. The normalized spacial score (nSPS) is 18.7. The number of benzene rings is 1. The van der Waals surface area contributed by atoms with Crippen molar-refractivity contribution in [2.75, 3.05) is 59.3 Å². The topological polar surface area (TPSA) is 174 Å². The van der Waals surface area contributed by atoms with Gasteiger partial charge in [0.1, 0.15) is 11.5 Å². The molecule has 3 N–H and O–H groups in total. The largest absolute Gasteiger partial charge is 0.392 e. The molecule has 2 saturated heterocycles. The summed E-state index contributed by atoms with van der Waals surface area (Å²) in [5.74, 6) is 0.0676. The maximum Gasteiger partial charge on any atom is 0.293 e. The molecule has 4 aromatic heterocycles. The van der Waals surface area contributed by atoms with Gasteiger partial charge in [-0.15, -0.1) is 0 Å². The van der Waals surface area contributed by atoms with Gasteiger partial charge in [0.25, 0.3) is 11.5 Å². The number of anilines is 5. The zero-order chi connectivity index (χ0) is 47.1. The van der Waals surface area contributed by atoms with Crippen LogP contribution in [0.1, 0.15) is 91.9 Å². The number of piperazine rings is 1. The van der Waals surface area contributed by atoms with Crippen LogP contribution < -0.4 is 30.9 Å². The van der Waals surface area contributed by atoms with Crippen LogP contribution >= 0.6 is 0 Å². The van der Waals surface area contributed by atoms with Gasteiger partial charge in [-0.2, -0.15) is 0 Å². The van der Waals surface area contributed by atoms with E-state index in [-0.39, 0.29) is 28.7 Å². The Bertz CT molecular complexity index is 2800. The second-order valence-electron chi connectivity index (χ2n) is 19.5. The average molecular weight is 908 g/mol. The predicted octanol–water partition coefficient (Wildman–Crippen LogP) is 5.65.